The number of aromatic nitrogens is 2. The molecule has 2 aromatic rings. The third-order valence-electron chi connectivity index (χ3n) is 7.17. The number of hydrogen-bond acceptors (Lipinski definition) is 6. The van der Waals surface area contributed by atoms with Crippen molar-refractivity contribution in [3.05, 3.63) is 65.2 Å². The van der Waals surface area contributed by atoms with E-state index < -0.39 is 5.41 Å². The standard InChI is InChI=1S/C24H27N3O3/c1-16-20-8-7-17-14-25-23(27-9-11-30-12-10-27)26-22(17)24(20,13-18(15-28)21(16)29)19-5-3-2-4-6-19/h2-6,14-16,20,28H,7-13H2,1H3/b18-15-/t16-,20-,24+/m0/s1. The smallest absolute Gasteiger partial charge is 0.225 e. The largest absolute Gasteiger partial charge is 0.515 e. The molecule has 30 heavy (non-hydrogen) atoms. The Hall–Kier alpha value is -2.73. The number of allylic oxidation sites excluding steroid dienone is 1. The summed E-state index contributed by atoms with van der Waals surface area (Å²) in [5.74, 6) is 0.746. The van der Waals surface area contributed by atoms with E-state index in [1.807, 2.05) is 31.3 Å². The second kappa shape index (κ2) is 7.51. The summed E-state index contributed by atoms with van der Waals surface area (Å²) < 4.78 is 5.49. The van der Waals surface area contributed by atoms with E-state index in [9.17, 15) is 9.90 Å². The molecule has 0 amide bonds. The molecule has 2 heterocycles. The summed E-state index contributed by atoms with van der Waals surface area (Å²) in [7, 11) is 0. The minimum Gasteiger partial charge on any atom is -0.515 e. The Morgan fingerprint density at radius 1 is 1.23 bits per heavy atom. The number of aliphatic hydroxyl groups is 1. The number of aliphatic hydroxyl groups excluding tert-OH is 1. The number of hydrogen-bond donors (Lipinski definition) is 1. The van der Waals surface area contributed by atoms with Crippen molar-refractivity contribution in [2.75, 3.05) is 31.2 Å². The Morgan fingerprint density at radius 2 is 2.00 bits per heavy atom. The lowest BCUT2D eigenvalue weighted by atomic mass is 9.52. The molecule has 3 atom stereocenters. The monoisotopic (exact) mass is 405 g/mol. The van der Waals surface area contributed by atoms with Crippen molar-refractivity contribution in [1.82, 2.24) is 9.97 Å². The van der Waals surface area contributed by atoms with Gasteiger partial charge in [0.05, 0.1) is 25.2 Å². The van der Waals surface area contributed by atoms with Gasteiger partial charge in [-0.3, -0.25) is 4.79 Å². The highest BCUT2D eigenvalue weighted by atomic mass is 16.5. The normalized spacial score (nSPS) is 30.1. The zero-order chi connectivity index (χ0) is 20.7. The van der Waals surface area contributed by atoms with Crippen LogP contribution in [0.15, 0.2) is 48.4 Å². The maximum atomic E-state index is 12.9. The third-order valence-corrected chi connectivity index (χ3v) is 7.17. The molecule has 2 fully saturated rings. The van der Waals surface area contributed by atoms with Crippen molar-refractivity contribution < 1.29 is 14.6 Å². The van der Waals surface area contributed by atoms with E-state index in [2.05, 4.69) is 22.0 Å². The first-order chi connectivity index (χ1) is 14.6. The van der Waals surface area contributed by atoms with Gasteiger partial charge in [-0.05, 0) is 36.3 Å². The van der Waals surface area contributed by atoms with Crippen LogP contribution in [0.3, 0.4) is 0 Å². The van der Waals surface area contributed by atoms with Gasteiger partial charge < -0.3 is 14.7 Å². The molecule has 3 aliphatic rings. The quantitative estimate of drug-likeness (QED) is 0.611. The first-order valence-corrected chi connectivity index (χ1v) is 10.8. The average Bonchev–Trinajstić information content (AvgIpc) is 2.82. The lowest BCUT2D eigenvalue weighted by Gasteiger charge is -2.50. The van der Waals surface area contributed by atoms with Gasteiger partial charge in [0.1, 0.15) is 0 Å². The topological polar surface area (TPSA) is 75.5 Å². The highest BCUT2D eigenvalue weighted by molar-refractivity contribution is 5.98. The highest BCUT2D eigenvalue weighted by Gasteiger charge is 2.54. The van der Waals surface area contributed by atoms with Gasteiger partial charge in [0.2, 0.25) is 5.95 Å². The maximum Gasteiger partial charge on any atom is 0.225 e. The van der Waals surface area contributed by atoms with E-state index in [0.717, 1.165) is 55.0 Å². The van der Waals surface area contributed by atoms with Gasteiger partial charge in [0.15, 0.2) is 5.78 Å². The Morgan fingerprint density at radius 3 is 2.73 bits per heavy atom. The number of benzene rings is 1. The van der Waals surface area contributed by atoms with Gasteiger partial charge in [-0.15, -0.1) is 0 Å². The number of ketones is 1. The summed E-state index contributed by atoms with van der Waals surface area (Å²) in [6, 6.07) is 10.4. The van der Waals surface area contributed by atoms with E-state index in [4.69, 9.17) is 9.72 Å². The summed E-state index contributed by atoms with van der Waals surface area (Å²) in [6.45, 7) is 4.91. The molecule has 0 spiro atoms. The number of morpholine rings is 1. The molecule has 156 valence electrons. The van der Waals surface area contributed by atoms with Crippen molar-refractivity contribution in [2.45, 2.75) is 31.6 Å². The van der Waals surface area contributed by atoms with Crippen LogP contribution in [0.25, 0.3) is 0 Å². The molecule has 1 aliphatic heterocycles. The van der Waals surface area contributed by atoms with Gasteiger partial charge >= 0.3 is 0 Å². The fraction of sp³-hybridized carbons (Fsp3) is 0.458. The molecule has 1 aromatic carbocycles. The van der Waals surface area contributed by atoms with Crippen LogP contribution in [0.1, 0.15) is 36.6 Å². The molecule has 1 N–H and O–H groups in total. The molecule has 2 aliphatic carbocycles. The van der Waals surface area contributed by atoms with Crippen molar-refractivity contribution in [3.8, 4) is 0 Å². The molecular weight excluding hydrogens is 378 g/mol. The van der Waals surface area contributed by atoms with Gasteiger partial charge in [-0.25, -0.2) is 9.97 Å². The minimum atomic E-state index is -0.444. The summed E-state index contributed by atoms with van der Waals surface area (Å²) >= 11 is 0. The molecule has 1 aromatic heterocycles. The molecular formula is C24H27N3O3. The van der Waals surface area contributed by atoms with Crippen LogP contribution in [0, 0.1) is 11.8 Å². The molecule has 1 saturated carbocycles. The lowest BCUT2D eigenvalue weighted by Crippen LogP contribution is -2.51. The first-order valence-electron chi connectivity index (χ1n) is 10.8. The van der Waals surface area contributed by atoms with Crippen LogP contribution in [-0.4, -0.2) is 47.2 Å². The van der Waals surface area contributed by atoms with Gasteiger partial charge in [0, 0.05) is 36.2 Å². The Labute approximate surface area is 176 Å². The van der Waals surface area contributed by atoms with Crippen molar-refractivity contribution in [3.63, 3.8) is 0 Å². The van der Waals surface area contributed by atoms with Crippen LogP contribution in [0.4, 0.5) is 5.95 Å². The van der Waals surface area contributed by atoms with Crippen molar-refractivity contribution in [2.24, 2.45) is 11.8 Å². The van der Waals surface area contributed by atoms with E-state index in [0.29, 0.717) is 25.2 Å². The summed E-state index contributed by atoms with van der Waals surface area (Å²) in [6.07, 6.45) is 5.23. The third kappa shape index (κ3) is 2.85. The molecule has 6 heteroatoms. The van der Waals surface area contributed by atoms with Crippen LogP contribution in [-0.2, 0) is 21.4 Å². The Balaban J connectivity index is 1.72. The molecule has 0 bridgehead atoms. The van der Waals surface area contributed by atoms with E-state index in [1.165, 1.54) is 0 Å². The molecule has 0 unspecified atom stereocenters. The van der Waals surface area contributed by atoms with E-state index in [1.54, 1.807) is 0 Å². The number of carbonyl (C=O) groups excluding carboxylic acids is 1. The van der Waals surface area contributed by atoms with Crippen LogP contribution in [0.5, 0.6) is 0 Å². The molecule has 6 nitrogen and oxygen atoms in total. The second-order valence-electron chi connectivity index (χ2n) is 8.61. The summed E-state index contributed by atoms with van der Waals surface area (Å²) in [4.78, 5) is 24.9. The number of anilines is 1. The number of Topliss-reactive ketones (excluding diaryl/α,β-unsaturated/α-hetero) is 1. The number of rotatable bonds is 2. The van der Waals surface area contributed by atoms with Crippen molar-refractivity contribution >= 4 is 11.7 Å². The predicted octanol–water partition coefficient (Wildman–Crippen LogP) is 3.21. The summed E-state index contributed by atoms with van der Waals surface area (Å²) in [5, 5.41) is 9.90. The number of ether oxygens (including phenoxy) is 1. The Kier molecular flexibility index (Phi) is 4.82. The van der Waals surface area contributed by atoms with Crippen LogP contribution >= 0.6 is 0 Å². The first kappa shape index (κ1) is 19.2. The fourth-order valence-electron chi connectivity index (χ4n) is 5.67. The number of aryl methyl sites for hydroxylation is 1. The second-order valence-corrected chi connectivity index (χ2v) is 8.61. The van der Waals surface area contributed by atoms with Gasteiger partial charge in [-0.1, -0.05) is 37.3 Å². The highest BCUT2D eigenvalue weighted by Crippen LogP contribution is 2.55. The number of carbonyl (C=O) groups is 1. The molecule has 1 saturated heterocycles. The lowest BCUT2D eigenvalue weighted by molar-refractivity contribution is -0.123. The average molecular weight is 405 g/mol. The zero-order valence-electron chi connectivity index (χ0n) is 17.3. The SMILES string of the molecule is C[C@@H]1C(=O)/C(=C\O)C[C@]2(c3ccccc3)c3nc(N4CCOCC4)ncc3CC[C@@H]12. The van der Waals surface area contributed by atoms with E-state index >= 15 is 0 Å². The van der Waals surface area contributed by atoms with Crippen LogP contribution < -0.4 is 4.90 Å². The minimum absolute atomic E-state index is 0.0555. The molecule has 0 radical (unpaired) electrons. The van der Waals surface area contributed by atoms with Gasteiger partial charge in [-0.2, -0.15) is 0 Å². The number of fused-ring (bicyclic) bond motifs is 3. The van der Waals surface area contributed by atoms with Crippen LogP contribution in [0.2, 0.25) is 0 Å². The number of nitrogens with zero attached hydrogens (tertiary/aromatic N) is 3. The Bertz CT molecular complexity index is 984. The zero-order valence-corrected chi connectivity index (χ0v) is 17.3. The predicted molar refractivity (Wildman–Crippen MR) is 114 cm³/mol. The van der Waals surface area contributed by atoms with E-state index in [-0.39, 0.29) is 17.6 Å². The van der Waals surface area contributed by atoms with Crippen molar-refractivity contribution in [1.29, 1.82) is 0 Å². The van der Waals surface area contributed by atoms with Gasteiger partial charge in [0.25, 0.3) is 0 Å². The maximum absolute atomic E-state index is 12.9. The summed E-state index contributed by atoms with van der Waals surface area (Å²) in [5.41, 5.74) is 3.36. The fourth-order valence-corrected chi connectivity index (χ4v) is 5.67. The molecule has 5 rings (SSSR count).